The molecule has 0 fully saturated rings. The first kappa shape index (κ1) is 31.4. The van der Waals surface area contributed by atoms with Crippen molar-refractivity contribution in [3.8, 4) is 0 Å². The van der Waals surface area contributed by atoms with Gasteiger partial charge in [-0.1, -0.05) is 65.8 Å². The minimum absolute atomic E-state index is 0.0678. The van der Waals surface area contributed by atoms with Crippen LogP contribution in [0.4, 0.5) is 0 Å². The Morgan fingerprint density at radius 1 is 0.618 bits per heavy atom. The normalized spacial score (nSPS) is 12.9. The van der Waals surface area contributed by atoms with Crippen molar-refractivity contribution >= 4 is 20.2 Å². The average Bonchev–Trinajstić information content (AvgIpc) is 2.86. The summed E-state index contributed by atoms with van der Waals surface area (Å²) in [6.45, 7) is 14.5. The van der Waals surface area contributed by atoms with Crippen LogP contribution >= 0.6 is 20.2 Å². The zero-order valence-corrected chi connectivity index (χ0v) is 24.2. The predicted octanol–water partition coefficient (Wildman–Crippen LogP) is 7.51. The van der Waals surface area contributed by atoms with Gasteiger partial charge in [-0.15, -0.1) is 13.1 Å². The Balaban J connectivity index is 0.00000182. The van der Waals surface area contributed by atoms with Crippen LogP contribution in [-0.4, -0.2) is 13.1 Å². The molecule has 0 bridgehead atoms. The molecular weight excluding hydrogens is 513 g/mol. The number of nitrogens with zero attached hydrogens (tertiary/aromatic N) is 1. The van der Waals surface area contributed by atoms with Gasteiger partial charge in [0.05, 0.1) is 0 Å². The number of rotatable bonds is 12. The van der Waals surface area contributed by atoms with Gasteiger partial charge < -0.3 is 16.8 Å². The maximum atomic E-state index is 6.68. The van der Waals surface area contributed by atoms with E-state index in [1.54, 1.807) is 0 Å². The van der Waals surface area contributed by atoms with Crippen LogP contribution in [0.3, 0.4) is 0 Å². The monoisotopic (exact) mass is 555 g/mol. The second-order valence-electron chi connectivity index (χ2n) is 8.62. The van der Waals surface area contributed by atoms with Crippen LogP contribution in [0.2, 0.25) is 0 Å². The maximum absolute atomic E-state index is 6.68. The predicted molar refractivity (Wildman–Crippen MR) is 148 cm³/mol. The van der Waals surface area contributed by atoms with Crippen molar-refractivity contribution in [2.45, 2.75) is 92.2 Å². The molecule has 2 unspecified atom stereocenters. The Bertz CT molecular complexity index is 753. The van der Waals surface area contributed by atoms with Crippen LogP contribution < -0.4 is 11.5 Å². The number of halogens is 2. The van der Waals surface area contributed by atoms with Gasteiger partial charge in [-0.3, -0.25) is 0 Å². The summed E-state index contributed by atoms with van der Waals surface area (Å²) >= 11 is 0.757. The van der Waals surface area contributed by atoms with Gasteiger partial charge in [0.1, 0.15) is 0 Å². The third kappa shape index (κ3) is 8.82. The molecule has 4 N–H and O–H groups in total. The van der Waals surface area contributed by atoms with Crippen LogP contribution in [0.1, 0.15) is 98.1 Å². The molecule has 0 heterocycles. The second kappa shape index (κ2) is 17.0. The quantitative estimate of drug-likeness (QED) is 0.266. The van der Waals surface area contributed by atoms with E-state index in [2.05, 4.69) is 86.0 Å². The van der Waals surface area contributed by atoms with Gasteiger partial charge in [0.15, 0.2) is 0 Å². The van der Waals surface area contributed by atoms with Crippen LogP contribution in [0.5, 0.6) is 0 Å². The van der Waals surface area contributed by atoms with Gasteiger partial charge in [0.2, 0.25) is 0 Å². The topological polar surface area (TPSA) is 66.1 Å². The molecule has 0 aliphatic rings. The molecule has 2 aromatic rings. The molecule has 34 heavy (non-hydrogen) atoms. The van der Waals surface area contributed by atoms with Gasteiger partial charge in [0, 0.05) is 12.1 Å². The van der Waals surface area contributed by atoms with Gasteiger partial charge >= 0.3 is 33.3 Å². The van der Waals surface area contributed by atoms with E-state index in [0.717, 1.165) is 51.7 Å². The molecule has 0 aliphatic carbocycles. The Morgan fingerprint density at radius 3 is 1.09 bits per heavy atom. The molecule has 2 atom stereocenters. The van der Waals surface area contributed by atoms with Crippen LogP contribution in [0.25, 0.3) is 5.32 Å². The third-order valence-corrected chi connectivity index (χ3v) is 6.56. The van der Waals surface area contributed by atoms with Crippen molar-refractivity contribution in [1.29, 1.82) is 0 Å². The standard InChI is InChI=1S/C28H44N3.2ClH.Cu/c1-7-19-13-21(9-3)27(22(10-4)14-19)25(29)17-31-18-26(30)28-23(11-5)15-20(8-2)16-24(28)12-6;;;/h13-16,25-26H,7-12,17-18,29-30H2,1-6H3;2*1H;/q-1;;;+2/p-2. The summed E-state index contributed by atoms with van der Waals surface area (Å²) in [5, 5.41) is 4.86. The summed E-state index contributed by atoms with van der Waals surface area (Å²) in [5.41, 5.74) is 24.3. The van der Waals surface area contributed by atoms with Gasteiger partial charge in [-0.25, -0.2) is 0 Å². The van der Waals surface area contributed by atoms with E-state index in [4.69, 9.17) is 16.8 Å². The Kier molecular flexibility index (Phi) is 15.7. The number of hydrogen-bond donors (Lipinski definition) is 2. The number of hydrogen-bond acceptors (Lipinski definition) is 2. The first-order valence-electron chi connectivity index (χ1n) is 12.6. The fourth-order valence-corrected chi connectivity index (χ4v) is 4.77. The van der Waals surface area contributed by atoms with Crippen LogP contribution in [0, 0.1) is 0 Å². The molecule has 3 nitrogen and oxygen atoms in total. The summed E-state index contributed by atoms with van der Waals surface area (Å²) in [5.74, 6) is 0. The van der Waals surface area contributed by atoms with E-state index >= 15 is 0 Å². The number of nitrogens with two attached hydrogens (primary N) is 2. The van der Waals surface area contributed by atoms with Crippen molar-refractivity contribution in [2.24, 2.45) is 11.5 Å². The molecule has 0 saturated carbocycles. The second-order valence-corrected chi connectivity index (χ2v) is 10.2. The van der Waals surface area contributed by atoms with E-state index in [9.17, 15) is 0 Å². The molecule has 0 radical (unpaired) electrons. The average molecular weight is 557 g/mol. The Labute approximate surface area is 223 Å². The Hall–Kier alpha value is -0.581. The first-order valence-corrected chi connectivity index (χ1v) is 15.2. The minimum atomic E-state index is -0.0678. The molecule has 0 saturated heterocycles. The summed E-state index contributed by atoms with van der Waals surface area (Å²) in [6.07, 6.45) is 6.15. The summed E-state index contributed by atoms with van der Waals surface area (Å²) in [7, 11) is 9.34. The number of benzene rings is 2. The van der Waals surface area contributed by atoms with Gasteiger partial charge in [-0.05, 0) is 83.0 Å². The fraction of sp³-hybridized carbons (Fsp3) is 0.571. The molecule has 0 spiro atoms. The van der Waals surface area contributed by atoms with E-state index in [1.165, 1.54) is 44.5 Å². The molecule has 0 aromatic heterocycles. The third-order valence-electron chi connectivity index (χ3n) is 6.56. The zero-order valence-electron chi connectivity index (χ0n) is 21.8. The zero-order chi connectivity index (χ0) is 25.7. The first-order chi connectivity index (χ1) is 16.3. The van der Waals surface area contributed by atoms with Crippen molar-refractivity contribution in [1.82, 2.24) is 0 Å². The summed E-state index contributed by atoms with van der Waals surface area (Å²) < 4.78 is 0. The van der Waals surface area contributed by atoms with Crippen LogP contribution in [-0.2, 0) is 51.7 Å². The van der Waals surface area contributed by atoms with E-state index < -0.39 is 0 Å². The van der Waals surface area contributed by atoms with Crippen molar-refractivity contribution in [3.05, 3.63) is 74.1 Å². The molecular formula is C28H44Cl2CuN3-. The van der Waals surface area contributed by atoms with Gasteiger partial charge in [-0.2, -0.15) is 0 Å². The molecule has 197 valence electrons. The molecule has 6 heteroatoms. The molecule has 2 rings (SSSR count). The van der Waals surface area contributed by atoms with Crippen LogP contribution in [0.15, 0.2) is 24.3 Å². The van der Waals surface area contributed by atoms with Crippen molar-refractivity contribution in [2.75, 3.05) is 13.1 Å². The van der Waals surface area contributed by atoms with Crippen molar-refractivity contribution in [3.63, 3.8) is 0 Å². The van der Waals surface area contributed by atoms with E-state index in [1.807, 2.05) is 0 Å². The Morgan fingerprint density at radius 2 is 0.882 bits per heavy atom. The molecule has 2 aromatic carbocycles. The summed E-state index contributed by atoms with van der Waals surface area (Å²) in [6, 6.07) is 9.18. The van der Waals surface area contributed by atoms with Crippen molar-refractivity contribution < 1.29 is 13.1 Å². The SMILES string of the molecule is CCc1cc(CC)c(C(N)C[N-]CC(N)c2c(CC)cc(CC)cc2CC)c(CC)c1.[Cl][Cu][Cl]. The fourth-order valence-electron chi connectivity index (χ4n) is 4.77. The molecule has 0 amide bonds. The number of aryl methyl sites for hydroxylation is 6. The van der Waals surface area contributed by atoms with E-state index in [0.29, 0.717) is 13.1 Å². The van der Waals surface area contributed by atoms with Gasteiger partial charge in [0.25, 0.3) is 0 Å². The molecule has 0 aliphatic heterocycles. The summed E-state index contributed by atoms with van der Waals surface area (Å²) in [4.78, 5) is 0. The van der Waals surface area contributed by atoms with E-state index in [-0.39, 0.29) is 12.1 Å².